The summed E-state index contributed by atoms with van der Waals surface area (Å²) in [5.41, 5.74) is 16.4. The van der Waals surface area contributed by atoms with Crippen molar-refractivity contribution in [1.82, 2.24) is 0 Å². The number of nitrogen functional groups attached to an aromatic ring is 1. The summed E-state index contributed by atoms with van der Waals surface area (Å²) >= 11 is 0. The van der Waals surface area contributed by atoms with Crippen molar-refractivity contribution in [3.63, 3.8) is 0 Å². The Kier molecular flexibility index (Phi) is 4.43. The van der Waals surface area contributed by atoms with Crippen molar-refractivity contribution >= 4 is 29.1 Å². The van der Waals surface area contributed by atoms with Crippen molar-refractivity contribution in [2.45, 2.75) is 4.90 Å². The summed E-state index contributed by atoms with van der Waals surface area (Å²) in [4.78, 5) is 0.0522. The average Bonchev–Trinajstić information content (AvgIpc) is 2.37. The predicted molar refractivity (Wildman–Crippen MR) is 84.7 cm³/mol. The Morgan fingerprint density at radius 2 is 1.68 bits per heavy atom. The maximum absolute atomic E-state index is 12.2. The minimum absolute atomic E-state index is 0.0522. The van der Waals surface area contributed by atoms with Crippen LogP contribution in [0.15, 0.2) is 53.4 Å². The molecule has 7 N–H and O–H groups in total. The van der Waals surface area contributed by atoms with E-state index in [1.54, 1.807) is 0 Å². The topological polar surface area (TPSA) is 151 Å². The van der Waals surface area contributed by atoms with Gasteiger partial charge in [-0.15, -0.1) is 0 Å². The van der Waals surface area contributed by atoms with Gasteiger partial charge in [-0.2, -0.15) is 0 Å². The van der Waals surface area contributed by atoms with Crippen LogP contribution in [0.25, 0.3) is 0 Å². The molecule has 8 nitrogen and oxygen atoms in total. The van der Waals surface area contributed by atoms with E-state index in [4.69, 9.17) is 21.3 Å². The molecule has 0 heterocycles. The van der Waals surface area contributed by atoms with E-state index in [2.05, 4.69) is 4.72 Å². The van der Waals surface area contributed by atoms with Gasteiger partial charge in [-0.3, -0.25) is 4.72 Å². The molecule has 0 fully saturated rings. The lowest BCUT2D eigenvalue weighted by atomic mass is 10.3. The van der Waals surface area contributed by atoms with Crippen molar-refractivity contribution in [2.24, 2.45) is 11.0 Å². The van der Waals surface area contributed by atoms with Gasteiger partial charge < -0.3 is 10.3 Å². The molecular weight excluding hydrogens is 327 g/mol. The molecule has 0 saturated heterocycles. The SMILES string of the molecule is Nc1ccc(S(=O)(=O)Nc2cccc(OP(N)(N)=O)c2)cc1. The summed E-state index contributed by atoms with van der Waals surface area (Å²) < 4.78 is 42.8. The smallest absolute Gasteiger partial charge is 0.385 e. The highest BCUT2D eigenvalue weighted by atomic mass is 32.2. The largest absolute Gasteiger partial charge is 0.422 e. The molecule has 0 unspecified atom stereocenters. The van der Waals surface area contributed by atoms with Crippen molar-refractivity contribution in [2.75, 3.05) is 10.5 Å². The first-order chi connectivity index (χ1) is 10.2. The van der Waals surface area contributed by atoms with E-state index in [0.29, 0.717) is 5.69 Å². The van der Waals surface area contributed by atoms with E-state index in [-0.39, 0.29) is 16.3 Å². The molecule has 0 amide bonds. The van der Waals surface area contributed by atoms with Crippen LogP contribution in [0.5, 0.6) is 5.75 Å². The van der Waals surface area contributed by atoms with E-state index >= 15 is 0 Å². The molecule has 0 aliphatic carbocycles. The second-order valence-corrected chi connectivity index (χ2v) is 7.59. The third kappa shape index (κ3) is 4.47. The molecule has 0 atom stereocenters. The number of hydrogen-bond acceptors (Lipinski definition) is 5. The quantitative estimate of drug-likeness (QED) is 0.474. The number of benzene rings is 2. The zero-order valence-corrected chi connectivity index (χ0v) is 13.1. The maximum atomic E-state index is 12.2. The normalized spacial score (nSPS) is 11.9. The first-order valence-electron chi connectivity index (χ1n) is 6.01. The van der Waals surface area contributed by atoms with Crippen molar-refractivity contribution < 1.29 is 17.5 Å². The molecule has 22 heavy (non-hydrogen) atoms. The predicted octanol–water partition coefficient (Wildman–Crippen LogP) is 1.47. The summed E-state index contributed by atoms with van der Waals surface area (Å²) in [6.45, 7) is 0. The second kappa shape index (κ2) is 5.98. The first-order valence-corrected chi connectivity index (χ1v) is 9.25. The van der Waals surface area contributed by atoms with Crippen LogP contribution in [-0.2, 0) is 14.6 Å². The van der Waals surface area contributed by atoms with Crippen LogP contribution in [0.4, 0.5) is 11.4 Å². The number of nitrogens with two attached hydrogens (primary N) is 3. The Bertz CT molecular complexity index is 817. The summed E-state index contributed by atoms with van der Waals surface area (Å²) in [6, 6.07) is 11.5. The Morgan fingerprint density at radius 1 is 1.05 bits per heavy atom. The van der Waals surface area contributed by atoms with Crippen LogP contribution in [0.2, 0.25) is 0 Å². The first kappa shape index (κ1) is 16.3. The number of hydrogen-bond donors (Lipinski definition) is 4. The molecule has 0 radical (unpaired) electrons. The lowest BCUT2D eigenvalue weighted by Crippen LogP contribution is -2.13. The molecule has 0 saturated carbocycles. The van der Waals surface area contributed by atoms with Gasteiger partial charge in [0.15, 0.2) is 0 Å². The number of anilines is 2. The van der Waals surface area contributed by atoms with Crippen molar-refractivity contribution in [3.8, 4) is 5.75 Å². The summed E-state index contributed by atoms with van der Waals surface area (Å²) in [7, 11) is -7.50. The molecule has 0 aliphatic rings. The van der Waals surface area contributed by atoms with Crippen LogP contribution in [0, 0.1) is 0 Å². The third-order valence-electron chi connectivity index (χ3n) is 2.52. The Hall–Kier alpha value is -2.06. The Labute approximate surface area is 127 Å². The molecule has 2 aromatic rings. The molecule has 10 heteroatoms. The highest BCUT2D eigenvalue weighted by molar-refractivity contribution is 7.92. The van der Waals surface area contributed by atoms with Gasteiger partial charge in [0.1, 0.15) is 5.75 Å². The van der Waals surface area contributed by atoms with E-state index in [1.807, 2.05) is 0 Å². The molecular formula is C12H15N4O4PS. The molecule has 0 bridgehead atoms. The summed E-state index contributed by atoms with van der Waals surface area (Å²) in [5.74, 6) is 0.0887. The van der Waals surface area contributed by atoms with Gasteiger partial charge in [-0.25, -0.2) is 24.0 Å². The fourth-order valence-corrected chi connectivity index (χ4v) is 3.13. The Morgan fingerprint density at radius 3 is 2.27 bits per heavy atom. The number of rotatable bonds is 5. The third-order valence-corrected chi connectivity index (χ3v) is 4.42. The van der Waals surface area contributed by atoms with Crippen LogP contribution >= 0.6 is 7.67 Å². The van der Waals surface area contributed by atoms with Crippen LogP contribution in [0.3, 0.4) is 0 Å². The Balaban J connectivity index is 2.24. The highest BCUT2D eigenvalue weighted by Crippen LogP contribution is 2.32. The van der Waals surface area contributed by atoms with Gasteiger partial charge in [-0.1, -0.05) is 6.07 Å². The average molecular weight is 342 g/mol. The standard InChI is InChI=1S/C12H15N4O4PS/c13-9-4-6-12(7-5-9)22(18,19)16-10-2-1-3-11(8-10)20-21(14,15)17/h1-8,16H,13H2,(H4,14,15,17). The summed E-state index contributed by atoms with van der Waals surface area (Å²) in [5, 5.41) is 0. The van der Waals surface area contributed by atoms with Crippen LogP contribution < -0.4 is 26.0 Å². The monoisotopic (exact) mass is 342 g/mol. The van der Waals surface area contributed by atoms with Gasteiger partial charge in [0.2, 0.25) is 0 Å². The molecule has 0 spiro atoms. The molecule has 2 rings (SSSR count). The van der Waals surface area contributed by atoms with Gasteiger partial charge >= 0.3 is 7.67 Å². The highest BCUT2D eigenvalue weighted by Gasteiger charge is 2.15. The maximum Gasteiger partial charge on any atom is 0.385 e. The zero-order valence-electron chi connectivity index (χ0n) is 11.3. The lowest BCUT2D eigenvalue weighted by Gasteiger charge is -2.12. The van der Waals surface area contributed by atoms with Gasteiger partial charge in [-0.05, 0) is 36.4 Å². The summed E-state index contributed by atoms with van der Waals surface area (Å²) in [6.07, 6.45) is 0. The fourth-order valence-electron chi connectivity index (χ4n) is 1.64. The van der Waals surface area contributed by atoms with Gasteiger partial charge in [0.05, 0.1) is 10.6 Å². The van der Waals surface area contributed by atoms with Crippen molar-refractivity contribution in [3.05, 3.63) is 48.5 Å². The van der Waals surface area contributed by atoms with Crippen LogP contribution in [-0.4, -0.2) is 8.42 Å². The van der Waals surface area contributed by atoms with Crippen molar-refractivity contribution in [1.29, 1.82) is 0 Å². The fraction of sp³-hybridized carbons (Fsp3) is 0. The second-order valence-electron chi connectivity index (χ2n) is 4.44. The zero-order chi connectivity index (χ0) is 16.4. The van der Waals surface area contributed by atoms with E-state index in [1.165, 1.54) is 48.5 Å². The number of nitrogens with one attached hydrogen (secondary N) is 1. The van der Waals surface area contributed by atoms with E-state index < -0.39 is 17.7 Å². The van der Waals surface area contributed by atoms with E-state index in [0.717, 1.165) is 0 Å². The molecule has 0 aromatic heterocycles. The molecule has 2 aromatic carbocycles. The lowest BCUT2D eigenvalue weighted by molar-refractivity contribution is 0.484. The minimum atomic E-state index is -3.78. The molecule has 118 valence electrons. The van der Waals surface area contributed by atoms with E-state index in [9.17, 15) is 13.0 Å². The van der Waals surface area contributed by atoms with Gasteiger partial charge in [0.25, 0.3) is 10.0 Å². The van der Waals surface area contributed by atoms with Gasteiger partial charge in [0, 0.05) is 11.8 Å². The minimum Gasteiger partial charge on any atom is -0.422 e. The molecule has 0 aliphatic heterocycles. The van der Waals surface area contributed by atoms with Crippen LogP contribution in [0.1, 0.15) is 0 Å². The number of sulfonamides is 1.